The number of halogens is 1. The van der Waals surface area contributed by atoms with Crippen molar-refractivity contribution >= 4 is 0 Å². The van der Waals surface area contributed by atoms with Crippen molar-refractivity contribution in [3.63, 3.8) is 0 Å². The van der Waals surface area contributed by atoms with E-state index in [1.807, 2.05) is 6.07 Å². The summed E-state index contributed by atoms with van der Waals surface area (Å²) in [4.78, 5) is 0. The number of nitrogens with one attached hydrogen (secondary N) is 1. The summed E-state index contributed by atoms with van der Waals surface area (Å²) in [5.41, 5.74) is 2.61. The van der Waals surface area contributed by atoms with Crippen molar-refractivity contribution in [1.82, 2.24) is 5.32 Å². The first-order valence-electron chi connectivity index (χ1n) is 6.37. The lowest BCUT2D eigenvalue weighted by Crippen LogP contribution is -2.15. The van der Waals surface area contributed by atoms with E-state index in [0.29, 0.717) is 6.54 Å². The van der Waals surface area contributed by atoms with Crippen LogP contribution in [-0.4, -0.2) is 6.54 Å². The lowest BCUT2D eigenvalue weighted by atomic mass is 10.1. The van der Waals surface area contributed by atoms with Crippen LogP contribution in [0.1, 0.15) is 36.8 Å². The minimum atomic E-state index is -0.447. The van der Waals surface area contributed by atoms with E-state index < -0.39 is 5.82 Å². The average molecular weight is 244 g/mol. The fourth-order valence-corrected chi connectivity index (χ4v) is 2.21. The van der Waals surface area contributed by atoms with Crippen LogP contribution in [0, 0.1) is 17.1 Å². The number of nitrogens with zero attached hydrogens (tertiary/aromatic N) is 1. The molecule has 0 heterocycles. The summed E-state index contributed by atoms with van der Waals surface area (Å²) < 4.78 is 13.1. The normalized spacial score (nSPS) is 14.3. The summed E-state index contributed by atoms with van der Waals surface area (Å²) in [7, 11) is 0. The Kier molecular flexibility index (Phi) is 4.49. The smallest absolute Gasteiger partial charge is 0.140 e. The number of allylic oxidation sites excluding steroid dienone is 1. The van der Waals surface area contributed by atoms with Gasteiger partial charge < -0.3 is 5.32 Å². The predicted molar refractivity (Wildman–Crippen MR) is 69.4 cm³/mol. The maximum absolute atomic E-state index is 13.1. The molecular weight excluding hydrogens is 227 g/mol. The maximum atomic E-state index is 13.1. The van der Waals surface area contributed by atoms with Crippen LogP contribution in [-0.2, 0) is 6.54 Å². The molecule has 1 aromatic carbocycles. The van der Waals surface area contributed by atoms with Crippen LogP contribution >= 0.6 is 0 Å². The summed E-state index contributed by atoms with van der Waals surface area (Å²) in [6.07, 6.45) is 7.16. The summed E-state index contributed by atoms with van der Waals surface area (Å²) in [5.74, 6) is -0.447. The minimum absolute atomic E-state index is 0.118. The van der Waals surface area contributed by atoms with Gasteiger partial charge in [-0.2, -0.15) is 5.26 Å². The van der Waals surface area contributed by atoms with Crippen molar-refractivity contribution in [2.24, 2.45) is 0 Å². The Morgan fingerprint density at radius 1 is 1.39 bits per heavy atom. The molecule has 18 heavy (non-hydrogen) atoms. The topological polar surface area (TPSA) is 35.8 Å². The standard InChI is InChI=1S/C15H17FN2/c16-15-6-5-13(9-14(15)10-17)11-18-8-7-12-3-1-2-4-12/h3,5-6,9,18H,1-2,4,7-8,11H2. The molecule has 1 aromatic rings. The van der Waals surface area contributed by atoms with Crippen LogP contribution in [0.5, 0.6) is 0 Å². The molecule has 0 saturated carbocycles. The molecule has 0 amide bonds. The molecule has 1 aliphatic rings. The number of benzene rings is 1. The SMILES string of the molecule is N#Cc1cc(CNCCC2=CCCC2)ccc1F. The Bertz CT molecular complexity index is 486. The van der Waals surface area contributed by atoms with E-state index >= 15 is 0 Å². The van der Waals surface area contributed by atoms with E-state index in [-0.39, 0.29) is 5.56 Å². The van der Waals surface area contributed by atoms with Crippen molar-refractivity contribution in [2.75, 3.05) is 6.54 Å². The minimum Gasteiger partial charge on any atom is -0.312 e. The lowest BCUT2D eigenvalue weighted by Gasteiger charge is -2.06. The zero-order valence-electron chi connectivity index (χ0n) is 10.4. The van der Waals surface area contributed by atoms with Crippen molar-refractivity contribution in [1.29, 1.82) is 5.26 Å². The van der Waals surface area contributed by atoms with Crippen molar-refractivity contribution in [2.45, 2.75) is 32.2 Å². The largest absolute Gasteiger partial charge is 0.312 e. The molecule has 0 aromatic heterocycles. The average Bonchev–Trinajstić information content (AvgIpc) is 2.89. The van der Waals surface area contributed by atoms with Gasteiger partial charge in [0.2, 0.25) is 0 Å². The number of hydrogen-bond acceptors (Lipinski definition) is 2. The molecule has 2 rings (SSSR count). The van der Waals surface area contributed by atoms with Gasteiger partial charge in [0.1, 0.15) is 11.9 Å². The molecule has 0 radical (unpaired) electrons. The van der Waals surface area contributed by atoms with Gasteiger partial charge in [-0.1, -0.05) is 17.7 Å². The molecule has 1 N–H and O–H groups in total. The molecule has 0 spiro atoms. The van der Waals surface area contributed by atoms with Gasteiger partial charge in [-0.05, 0) is 49.9 Å². The van der Waals surface area contributed by atoms with Crippen molar-refractivity contribution < 1.29 is 4.39 Å². The van der Waals surface area contributed by atoms with E-state index in [9.17, 15) is 4.39 Å². The van der Waals surface area contributed by atoms with E-state index in [4.69, 9.17) is 5.26 Å². The fourth-order valence-electron chi connectivity index (χ4n) is 2.21. The Labute approximate surface area is 107 Å². The monoisotopic (exact) mass is 244 g/mol. The summed E-state index contributed by atoms with van der Waals surface area (Å²) in [6.45, 7) is 1.62. The third kappa shape index (κ3) is 3.41. The molecule has 0 atom stereocenters. The van der Waals surface area contributed by atoms with Gasteiger partial charge in [0.05, 0.1) is 5.56 Å². The van der Waals surface area contributed by atoms with Crippen LogP contribution in [0.2, 0.25) is 0 Å². The highest BCUT2D eigenvalue weighted by atomic mass is 19.1. The fraction of sp³-hybridized carbons (Fsp3) is 0.400. The van der Waals surface area contributed by atoms with Crippen LogP contribution in [0.25, 0.3) is 0 Å². The van der Waals surface area contributed by atoms with Crippen LogP contribution in [0.3, 0.4) is 0 Å². The quantitative estimate of drug-likeness (QED) is 0.637. The zero-order valence-corrected chi connectivity index (χ0v) is 10.4. The molecule has 0 unspecified atom stereocenters. The van der Waals surface area contributed by atoms with Crippen molar-refractivity contribution in [3.8, 4) is 6.07 Å². The van der Waals surface area contributed by atoms with Gasteiger partial charge >= 0.3 is 0 Å². The van der Waals surface area contributed by atoms with Crippen LogP contribution in [0.4, 0.5) is 4.39 Å². The Morgan fingerprint density at radius 2 is 2.28 bits per heavy atom. The summed E-state index contributed by atoms with van der Waals surface area (Å²) in [5, 5.41) is 12.1. The molecule has 2 nitrogen and oxygen atoms in total. The molecule has 3 heteroatoms. The van der Waals surface area contributed by atoms with E-state index in [0.717, 1.165) is 18.5 Å². The Balaban J connectivity index is 1.78. The second-order valence-corrected chi connectivity index (χ2v) is 4.61. The van der Waals surface area contributed by atoms with Crippen LogP contribution < -0.4 is 5.32 Å². The highest BCUT2D eigenvalue weighted by Crippen LogP contribution is 2.19. The summed E-state index contributed by atoms with van der Waals surface area (Å²) >= 11 is 0. The van der Waals surface area contributed by atoms with E-state index in [2.05, 4.69) is 11.4 Å². The van der Waals surface area contributed by atoms with Gasteiger partial charge in [-0.25, -0.2) is 4.39 Å². The first-order chi connectivity index (χ1) is 8.79. The Hall–Kier alpha value is -1.66. The molecule has 1 aliphatic carbocycles. The second-order valence-electron chi connectivity index (χ2n) is 4.61. The molecule has 0 aliphatic heterocycles. The summed E-state index contributed by atoms with van der Waals surface area (Å²) in [6, 6.07) is 6.54. The molecule has 94 valence electrons. The van der Waals surface area contributed by atoms with Gasteiger partial charge in [0.15, 0.2) is 0 Å². The third-order valence-electron chi connectivity index (χ3n) is 3.24. The lowest BCUT2D eigenvalue weighted by molar-refractivity contribution is 0.620. The highest BCUT2D eigenvalue weighted by Gasteiger charge is 2.04. The maximum Gasteiger partial charge on any atom is 0.140 e. The van der Waals surface area contributed by atoms with Crippen LogP contribution in [0.15, 0.2) is 29.8 Å². The van der Waals surface area contributed by atoms with Gasteiger partial charge in [0.25, 0.3) is 0 Å². The molecule has 0 bridgehead atoms. The number of hydrogen-bond donors (Lipinski definition) is 1. The first kappa shape index (κ1) is 12.8. The van der Waals surface area contributed by atoms with Gasteiger partial charge in [-0.15, -0.1) is 0 Å². The molecular formula is C15H17FN2. The Morgan fingerprint density at radius 3 is 3.00 bits per heavy atom. The second kappa shape index (κ2) is 6.32. The van der Waals surface area contributed by atoms with E-state index in [1.165, 1.54) is 25.3 Å². The highest BCUT2D eigenvalue weighted by molar-refractivity contribution is 5.34. The first-order valence-corrected chi connectivity index (χ1v) is 6.37. The van der Waals surface area contributed by atoms with E-state index in [1.54, 1.807) is 17.7 Å². The molecule has 0 saturated heterocycles. The van der Waals surface area contributed by atoms with Crippen molar-refractivity contribution in [3.05, 3.63) is 46.8 Å². The zero-order chi connectivity index (χ0) is 12.8. The predicted octanol–water partition coefficient (Wildman–Crippen LogP) is 3.29. The number of rotatable bonds is 5. The third-order valence-corrected chi connectivity index (χ3v) is 3.24. The molecule has 0 fully saturated rings. The van der Waals surface area contributed by atoms with Gasteiger partial charge in [-0.3, -0.25) is 0 Å². The van der Waals surface area contributed by atoms with Gasteiger partial charge in [0, 0.05) is 6.54 Å². The number of nitriles is 1.